The lowest BCUT2D eigenvalue weighted by Gasteiger charge is -2.37. The normalized spacial score (nSPS) is 15.3. The summed E-state index contributed by atoms with van der Waals surface area (Å²) in [6.45, 7) is 2.19. The largest absolute Gasteiger partial charge is 0.508 e. The second-order valence-corrected chi connectivity index (χ2v) is 9.58. The highest BCUT2D eigenvalue weighted by atomic mass is 19.4. The molecule has 1 saturated heterocycles. The first-order chi connectivity index (χ1) is 18.6. The lowest BCUT2D eigenvalue weighted by atomic mass is 9.90. The molecule has 0 amide bonds. The number of aliphatic hydroxyl groups is 1. The number of aromatic nitrogens is 1. The van der Waals surface area contributed by atoms with E-state index in [0.717, 1.165) is 12.1 Å². The van der Waals surface area contributed by atoms with Gasteiger partial charge in [0.15, 0.2) is 0 Å². The van der Waals surface area contributed by atoms with Crippen molar-refractivity contribution in [2.24, 2.45) is 5.92 Å². The Bertz CT molecular complexity index is 1470. The Morgan fingerprint density at radius 2 is 1.74 bits per heavy atom. The van der Waals surface area contributed by atoms with Crippen molar-refractivity contribution in [1.29, 1.82) is 0 Å². The van der Waals surface area contributed by atoms with Crippen LogP contribution in [0.4, 0.5) is 22.0 Å². The molecule has 0 radical (unpaired) electrons. The summed E-state index contributed by atoms with van der Waals surface area (Å²) in [7, 11) is 0. The van der Waals surface area contributed by atoms with Crippen LogP contribution in [0.25, 0.3) is 22.0 Å². The van der Waals surface area contributed by atoms with Crippen LogP contribution >= 0.6 is 0 Å². The van der Waals surface area contributed by atoms with Crippen LogP contribution in [0, 0.1) is 11.7 Å². The molecule has 10 heteroatoms. The predicted octanol–water partition coefficient (Wildman–Crippen LogP) is 6.13. The zero-order valence-corrected chi connectivity index (χ0v) is 20.6. The topological polar surface area (TPSA) is 65.8 Å². The molecule has 4 aromatic rings. The number of aliphatic hydroxyl groups excluding tert-OH is 1. The van der Waals surface area contributed by atoms with Gasteiger partial charge in [-0.3, -0.25) is 14.3 Å². The summed E-state index contributed by atoms with van der Waals surface area (Å²) < 4.78 is 72.6. The van der Waals surface area contributed by atoms with Gasteiger partial charge in [-0.25, -0.2) is 4.39 Å². The number of pyridine rings is 1. The number of rotatable bonds is 8. The van der Waals surface area contributed by atoms with E-state index in [1.807, 2.05) is 0 Å². The molecule has 1 aliphatic heterocycles. The second-order valence-electron chi connectivity index (χ2n) is 9.58. The first-order valence-corrected chi connectivity index (χ1v) is 12.3. The quantitative estimate of drug-likeness (QED) is 0.262. The maximum atomic E-state index is 15.0. The van der Waals surface area contributed by atoms with Crippen molar-refractivity contribution in [2.45, 2.75) is 12.3 Å². The molecule has 39 heavy (non-hydrogen) atoms. The minimum atomic E-state index is -4.71. The van der Waals surface area contributed by atoms with E-state index in [4.69, 9.17) is 4.74 Å². The SMILES string of the molecule is Oc1ccc2c([C@H](O)c3ccc(OCCN4CC(CF)C4)cc3)c(-c3ccc(C(F)(F)F)cc3F)cnc2c1. The van der Waals surface area contributed by atoms with Crippen molar-refractivity contribution in [2.75, 3.05) is 32.9 Å². The molecule has 2 heterocycles. The summed E-state index contributed by atoms with van der Waals surface area (Å²) >= 11 is 0. The third kappa shape index (κ3) is 5.67. The number of fused-ring (bicyclic) bond motifs is 1. The van der Waals surface area contributed by atoms with Crippen LogP contribution in [0.15, 0.2) is 66.9 Å². The number of phenolic OH excluding ortho intramolecular Hbond substituents is 1. The average molecular weight is 545 g/mol. The Kier molecular flexibility index (Phi) is 7.42. The van der Waals surface area contributed by atoms with Crippen molar-refractivity contribution in [3.05, 3.63) is 89.4 Å². The molecule has 1 aromatic heterocycles. The van der Waals surface area contributed by atoms with Gasteiger partial charge in [-0.1, -0.05) is 18.2 Å². The maximum Gasteiger partial charge on any atom is 0.416 e. The lowest BCUT2D eigenvalue weighted by molar-refractivity contribution is -0.137. The standard InChI is InChI=1S/C29H25F5N2O3/c30-13-17-15-36(16-17)9-10-39-21-5-1-18(2-6-21)28(38)27-23-8-4-20(37)12-26(23)35-14-24(27)22-7-3-19(11-25(22)31)29(32,33)34/h1-8,11-12,14,17,28,37-38H,9-10,13,15-16H2/t28-/m1/s1. The van der Waals surface area contributed by atoms with Crippen LogP contribution in [0.1, 0.15) is 22.8 Å². The third-order valence-corrected chi connectivity index (χ3v) is 6.88. The van der Waals surface area contributed by atoms with Gasteiger partial charge in [0.2, 0.25) is 0 Å². The molecule has 1 fully saturated rings. The highest BCUT2D eigenvalue weighted by Gasteiger charge is 2.32. The molecule has 1 aliphatic rings. The van der Waals surface area contributed by atoms with Gasteiger partial charge in [-0.15, -0.1) is 0 Å². The molecule has 0 saturated carbocycles. The summed E-state index contributed by atoms with van der Waals surface area (Å²) in [6, 6.07) is 13.1. The molecule has 2 N–H and O–H groups in total. The van der Waals surface area contributed by atoms with Crippen LogP contribution in [-0.4, -0.2) is 53.0 Å². The van der Waals surface area contributed by atoms with Crippen molar-refractivity contribution >= 4 is 10.9 Å². The van der Waals surface area contributed by atoms with E-state index >= 15 is 0 Å². The van der Waals surface area contributed by atoms with E-state index in [9.17, 15) is 32.2 Å². The minimum absolute atomic E-state index is 0.0659. The highest BCUT2D eigenvalue weighted by Crippen LogP contribution is 2.40. The summed E-state index contributed by atoms with van der Waals surface area (Å²) in [5.41, 5.74) is -0.177. The van der Waals surface area contributed by atoms with Crippen LogP contribution in [0.5, 0.6) is 11.5 Å². The molecule has 0 unspecified atom stereocenters. The molecule has 0 spiro atoms. The molecule has 0 bridgehead atoms. The molecular formula is C29H25F5N2O3. The fourth-order valence-electron chi connectivity index (χ4n) is 4.78. The van der Waals surface area contributed by atoms with Gasteiger partial charge >= 0.3 is 6.18 Å². The van der Waals surface area contributed by atoms with Crippen molar-refractivity contribution in [3.8, 4) is 22.6 Å². The fourth-order valence-corrected chi connectivity index (χ4v) is 4.78. The highest BCUT2D eigenvalue weighted by molar-refractivity contribution is 5.90. The summed E-state index contributed by atoms with van der Waals surface area (Å²) in [5.74, 6) is -0.516. The number of alkyl halides is 4. The van der Waals surface area contributed by atoms with E-state index in [2.05, 4.69) is 9.88 Å². The zero-order chi connectivity index (χ0) is 27.7. The number of halogens is 5. The van der Waals surface area contributed by atoms with Crippen LogP contribution in [0.2, 0.25) is 0 Å². The van der Waals surface area contributed by atoms with Crippen molar-refractivity contribution < 1.29 is 36.9 Å². The molecule has 0 aliphatic carbocycles. The summed E-state index contributed by atoms with van der Waals surface area (Å²) in [5, 5.41) is 21.7. The van der Waals surface area contributed by atoms with Gasteiger partial charge in [0, 0.05) is 59.9 Å². The Morgan fingerprint density at radius 3 is 2.41 bits per heavy atom. The average Bonchev–Trinajstić information content (AvgIpc) is 2.88. The Morgan fingerprint density at radius 1 is 1.00 bits per heavy atom. The number of hydrogen-bond acceptors (Lipinski definition) is 5. The molecule has 3 aromatic carbocycles. The number of likely N-dealkylation sites (tertiary alicyclic amines) is 1. The van der Waals surface area contributed by atoms with Gasteiger partial charge < -0.3 is 14.9 Å². The summed E-state index contributed by atoms with van der Waals surface area (Å²) in [4.78, 5) is 6.34. The smallest absolute Gasteiger partial charge is 0.416 e. The number of aromatic hydroxyl groups is 1. The number of nitrogens with zero attached hydrogens (tertiary/aromatic N) is 2. The van der Waals surface area contributed by atoms with E-state index in [1.165, 1.54) is 24.4 Å². The van der Waals surface area contributed by atoms with Gasteiger partial charge in [0.05, 0.1) is 17.8 Å². The van der Waals surface area contributed by atoms with E-state index in [1.54, 1.807) is 24.3 Å². The van der Waals surface area contributed by atoms with Crippen molar-refractivity contribution in [1.82, 2.24) is 9.88 Å². The van der Waals surface area contributed by atoms with Crippen LogP contribution < -0.4 is 4.74 Å². The molecule has 5 nitrogen and oxygen atoms in total. The Labute approximate surface area is 221 Å². The summed E-state index contributed by atoms with van der Waals surface area (Å²) in [6.07, 6.45) is -4.74. The minimum Gasteiger partial charge on any atom is -0.508 e. The number of ether oxygens (including phenoxy) is 1. The predicted molar refractivity (Wildman–Crippen MR) is 136 cm³/mol. The molecule has 1 atom stereocenters. The zero-order valence-electron chi connectivity index (χ0n) is 20.6. The Balaban J connectivity index is 1.44. The third-order valence-electron chi connectivity index (χ3n) is 6.88. The Hall–Kier alpha value is -3.76. The lowest BCUT2D eigenvalue weighted by Crippen LogP contribution is -2.49. The van der Waals surface area contributed by atoms with Crippen LogP contribution in [-0.2, 0) is 6.18 Å². The van der Waals surface area contributed by atoms with E-state index in [-0.39, 0.29) is 35.0 Å². The van der Waals surface area contributed by atoms with Gasteiger partial charge in [-0.2, -0.15) is 13.2 Å². The molecule has 5 rings (SSSR count). The van der Waals surface area contributed by atoms with Crippen molar-refractivity contribution in [3.63, 3.8) is 0 Å². The van der Waals surface area contributed by atoms with Gasteiger partial charge in [0.1, 0.15) is 30.0 Å². The molecule has 204 valence electrons. The monoisotopic (exact) mass is 544 g/mol. The fraction of sp³-hybridized carbons (Fsp3) is 0.276. The van der Waals surface area contributed by atoms with Gasteiger partial charge in [-0.05, 0) is 42.0 Å². The first kappa shape index (κ1) is 26.8. The van der Waals surface area contributed by atoms with E-state index < -0.39 is 23.7 Å². The maximum absolute atomic E-state index is 15.0. The first-order valence-electron chi connectivity index (χ1n) is 12.3. The van der Waals surface area contributed by atoms with Gasteiger partial charge in [0.25, 0.3) is 0 Å². The van der Waals surface area contributed by atoms with Crippen LogP contribution in [0.3, 0.4) is 0 Å². The van der Waals surface area contributed by atoms with E-state index in [0.29, 0.717) is 54.5 Å². The number of phenols is 1. The second kappa shape index (κ2) is 10.8. The number of benzene rings is 3. The number of hydrogen-bond donors (Lipinski definition) is 2. The molecular weight excluding hydrogens is 519 g/mol.